The van der Waals surface area contributed by atoms with Crippen LogP contribution in [0.1, 0.15) is 55.7 Å². The standard InChI is InChI=1S/C30H33FN4O5S/c1-30(2,3)28-26-27(18-6-11-22-23(13-18)40-17-39-22)41-16-25(37)34(15-24(36)32-14-21-5-4-12-38-21)29(26)35(33-28)20-9-7-19(31)8-10-20/h6-11,13,21,27H,4-5,12,14-17H2,1-3H3,(H,32,36)/t21-,27+/m1/s1. The molecule has 1 N–H and O–H groups in total. The van der Waals surface area contributed by atoms with Crippen LogP contribution in [-0.4, -0.2) is 59.9 Å². The number of hydrogen-bond donors (Lipinski definition) is 1. The highest BCUT2D eigenvalue weighted by atomic mass is 32.2. The second-order valence-corrected chi connectivity index (χ2v) is 12.5. The molecule has 3 aromatic rings. The van der Waals surface area contributed by atoms with Crippen LogP contribution in [0.2, 0.25) is 0 Å². The maximum atomic E-state index is 13.9. The summed E-state index contributed by atoms with van der Waals surface area (Å²) in [5.41, 5.74) is 2.73. The summed E-state index contributed by atoms with van der Waals surface area (Å²) >= 11 is 1.49. The van der Waals surface area contributed by atoms with Gasteiger partial charge in [0.15, 0.2) is 11.5 Å². The number of nitrogens with one attached hydrogen (secondary N) is 1. The van der Waals surface area contributed by atoms with Gasteiger partial charge in [-0.1, -0.05) is 26.8 Å². The van der Waals surface area contributed by atoms with Crippen molar-refractivity contribution in [3.63, 3.8) is 0 Å². The summed E-state index contributed by atoms with van der Waals surface area (Å²) in [6.45, 7) is 7.27. The maximum Gasteiger partial charge on any atom is 0.240 e. The SMILES string of the molecule is CC(C)(C)c1nn(-c2ccc(F)cc2)c2c1[C@H](c1ccc3c(c1)OCO3)SCC(=O)N2CC(=O)NC[C@H]1CCCO1. The molecule has 2 atom stereocenters. The van der Waals surface area contributed by atoms with Gasteiger partial charge in [0.25, 0.3) is 0 Å². The molecular weight excluding hydrogens is 547 g/mol. The highest BCUT2D eigenvalue weighted by Gasteiger charge is 2.40. The Morgan fingerprint density at radius 3 is 2.66 bits per heavy atom. The number of carbonyl (C=O) groups excluding carboxylic acids is 2. The maximum absolute atomic E-state index is 13.9. The number of aromatic nitrogens is 2. The minimum Gasteiger partial charge on any atom is -0.454 e. The number of nitrogens with zero attached hydrogens (tertiary/aromatic N) is 3. The summed E-state index contributed by atoms with van der Waals surface area (Å²) in [5.74, 6) is 1.11. The predicted molar refractivity (Wildman–Crippen MR) is 153 cm³/mol. The van der Waals surface area contributed by atoms with Crippen LogP contribution < -0.4 is 19.7 Å². The molecular formula is C30H33FN4O5S. The molecule has 0 spiro atoms. The van der Waals surface area contributed by atoms with Gasteiger partial charge in [-0.25, -0.2) is 9.07 Å². The molecule has 1 aromatic heterocycles. The third kappa shape index (κ3) is 5.52. The normalized spacial score (nSPS) is 20.2. The van der Waals surface area contributed by atoms with Gasteiger partial charge in [-0.15, -0.1) is 11.8 Å². The van der Waals surface area contributed by atoms with Crippen molar-refractivity contribution in [3.05, 3.63) is 65.1 Å². The van der Waals surface area contributed by atoms with Crippen molar-refractivity contribution in [3.8, 4) is 17.2 Å². The molecule has 3 aliphatic rings. The van der Waals surface area contributed by atoms with E-state index in [9.17, 15) is 14.0 Å². The Labute approximate surface area is 242 Å². The first-order valence-electron chi connectivity index (χ1n) is 13.8. The van der Waals surface area contributed by atoms with E-state index in [1.54, 1.807) is 16.8 Å². The first-order valence-corrected chi connectivity index (χ1v) is 14.8. The first-order chi connectivity index (χ1) is 19.7. The third-order valence-electron chi connectivity index (χ3n) is 7.42. The number of carbonyl (C=O) groups is 2. The highest BCUT2D eigenvalue weighted by molar-refractivity contribution is 8.00. The zero-order valence-electron chi connectivity index (χ0n) is 23.3. The molecule has 2 amide bonds. The predicted octanol–water partition coefficient (Wildman–Crippen LogP) is 4.50. The van der Waals surface area contributed by atoms with Gasteiger partial charge in [0.1, 0.15) is 18.2 Å². The van der Waals surface area contributed by atoms with Gasteiger partial charge in [-0.2, -0.15) is 5.10 Å². The number of hydrogen-bond acceptors (Lipinski definition) is 7. The smallest absolute Gasteiger partial charge is 0.240 e. The van der Waals surface area contributed by atoms with Gasteiger partial charge in [0.2, 0.25) is 18.6 Å². The summed E-state index contributed by atoms with van der Waals surface area (Å²) in [5, 5.41) is 7.69. The van der Waals surface area contributed by atoms with E-state index in [4.69, 9.17) is 19.3 Å². The van der Waals surface area contributed by atoms with Crippen LogP contribution in [0.3, 0.4) is 0 Å². The van der Waals surface area contributed by atoms with E-state index in [1.165, 1.54) is 28.8 Å². The first kappa shape index (κ1) is 27.6. The van der Waals surface area contributed by atoms with Gasteiger partial charge >= 0.3 is 0 Å². The largest absolute Gasteiger partial charge is 0.454 e. The molecule has 3 aliphatic heterocycles. The lowest BCUT2D eigenvalue weighted by molar-refractivity contribution is -0.123. The van der Waals surface area contributed by atoms with Crippen molar-refractivity contribution in [2.24, 2.45) is 0 Å². The van der Waals surface area contributed by atoms with Crippen molar-refractivity contribution in [2.45, 2.75) is 50.4 Å². The van der Waals surface area contributed by atoms with Gasteiger partial charge in [0, 0.05) is 24.1 Å². The Bertz CT molecular complexity index is 1460. The van der Waals surface area contributed by atoms with E-state index < -0.39 is 5.41 Å². The Morgan fingerprint density at radius 1 is 1.15 bits per heavy atom. The van der Waals surface area contributed by atoms with Crippen molar-refractivity contribution >= 4 is 29.4 Å². The Kier molecular flexibility index (Phi) is 7.41. The number of fused-ring (bicyclic) bond motifs is 2. The molecule has 1 saturated heterocycles. The molecule has 0 bridgehead atoms. The van der Waals surface area contributed by atoms with Gasteiger partial charge in [-0.05, 0) is 54.8 Å². The number of amides is 2. The Hall–Kier alpha value is -3.57. The van der Waals surface area contributed by atoms with Crippen LogP contribution >= 0.6 is 11.8 Å². The lowest BCUT2D eigenvalue weighted by atomic mass is 9.87. The topological polar surface area (TPSA) is 94.9 Å². The monoisotopic (exact) mass is 580 g/mol. The van der Waals surface area contributed by atoms with E-state index in [2.05, 4.69) is 26.1 Å². The Morgan fingerprint density at radius 2 is 1.93 bits per heavy atom. The van der Waals surface area contributed by atoms with E-state index in [0.29, 0.717) is 36.2 Å². The van der Waals surface area contributed by atoms with Crippen LogP contribution in [0.25, 0.3) is 5.69 Å². The number of thioether (sulfide) groups is 1. The summed E-state index contributed by atoms with van der Waals surface area (Å²) in [6.07, 6.45) is 1.85. The zero-order valence-corrected chi connectivity index (χ0v) is 24.1. The molecule has 0 saturated carbocycles. The summed E-state index contributed by atoms with van der Waals surface area (Å²) in [6, 6.07) is 11.8. The molecule has 11 heteroatoms. The lowest BCUT2D eigenvalue weighted by Gasteiger charge is -2.25. The molecule has 4 heterocycles. The van der Waals surface area contributed by atoms with Crippen LogP contribution in [0.5, 0.6) is 11.5 Å². The molecule has 0 aliphatic carbocycles. The molecule has 0 unspecified atom stereocenters. The zero-order chi connectivity index (χ0) is 28.7. The lowest BCUT2D eigenvalue weighted by Crippen LogP contribution is -2.44. The van der Waals surface area contributed by atoms with Crippen molar-refractivity contribution in [2.75, 3.05) is 37.1 Å². The molecule has 9 nitrogen and oxygen atoms in total. The minimum atomic E-state index is -0.411. The molecule has 0 radical (unpaired) electrons. The average molecular weight is 581 g/mol. The van der Waals surface area contributed by atoms with E-state index >= 15 is 0 Å². The number of halogens is 1. The third-order valence-corrected chi connectivity index (χ3v) is 8.68. The van der Waals surface area contributed by atoms with Crippen molar-refractivity contribution < 1.29 is 28.2 Å². The van der Waals surface area contributed by atoms with Crippen LogP contribution in [0.15, 0.2) is 42.5 Å². The van der Waals surface area contributed by atoms with E-state index in [0.717, 1.165) is 29.7 Å². The van der Waals surface area contributed by atoms with Crippen LogP contribution in [0.4, 0.5) is 10.2 Å². The molecule has 2 aromatic carbocycles. The van der Waals surface area contributed by atoms with Gasteiger partial charge in [-0.3, -0.25) is 14.5 Å². The molecule has 1 fully saturated rings. The van der Waals surface area contributed by atoms with Gasteiger partial charge in [0.05, 0.1) is 28.5 Å². The summed E-state index contributed by atoms with van der Waals surface area (Å²) in [7, 11) is 0. The second-order valence-electron chi connectivity index (χ2n) is 11.4. The fourth-order valence-corrected chi connectivity index (χ4v) is 6.60. The minimum absolute atomic E-state index is 0.0162. The van der Waals surface area contributed by atoms with Crippen molar-refractivity contribution in [1.29, 1.82) is 0 Å². The quantitative estimate of drug-likeness (QED) is 0.459. The number of benzene rings is 2. The fraction of sp³-hybridized carbons (Fsp3) is 0.433. The van der Waals surface area contributed by atoms with Crippen molar-refractivity contribution in [1.82, 2.24) is 15.1 Å². The average Bonchev–Trinajstić information content (AvgIpc) is 3.69. The fourth-order valence-electron chi connectivity index (χ4n) is 5.41. The summed E-state index contributed by atoms with van der Waals surface area (Å²) in [4.78, 5) is 28.5. The molecule has 6 rings (SSSR count). The highest BCUT2D eigenvalue weighted by Crippen LogP contribution is 2.49. The van der Waals surface area contributed by atoms with Crippen LogP contribution in [-0.2, 0) is 19.7 Å². The van der Waals surface area contributed by atoms with E-state index in [1.807, 2.05) is 18.2 Å². The van der Waals surface area contributed by atoms with Gasteiger partial charge < -0.3 is 19.5 Å². The molecule has 216 valence electrons. The number of ether oxygens (including phenoxy) is 3. The number of rotatable bonds is 6. The molecule has 41 heavy (non-hydrogen) atoms. The van der Waals surface area contributed by atoms with E-state index in [-0.39, 0.29) is 48.1 Å². The summed E-state index contributed by atoms with van der Waals surface area (Å²) < 4.78 is 32.5. The number of anilines is 1. The van der Waals surface area contributed by atoms with Crippen LogP contribution in [0, 0.1) is 5.82 Å². The second kappa shape index (κ2) is 11.0. The Balaban J connectivity index is 1.48.